The minimum Gasteiger partial charge on any atom is -0.342 e. The molecule has 76 valence electrons. The van der Waals surface area contributed by atoms with Crippen molar-refractivity contribution in [1.82, 2.24) is 10.1 Å². The molecule has 0 saturated carbocycles. The number of hydrogen-bond acceptors (Lipinski definition) is 5. The molecule has 0 amide bonds. The second-order valence-corrected chi connectivity index (χ2v) is 3.08. The SMILES string of the molecule is O=[N+]([O-])c1ccc(Cl)c(-c2ncon2)c1. The fourth-order valence-corrected chi connectivity index (χ4v) is 1.29. The van der Waals surface area contributed by atoms with Gasteiger partial charge in [-0.2, -0.15) is 4.98 Å². The Morgan fingerprint density at radius 2 is 2.27 bits per heavy atom. The number of nitro benzene ring substituents is 1. The van der Waals surface area contributed by atoms with Gasteiger partial charge < -0.3 is 4.52 Å². The number of aromatic nitrogens is 2. The first-order valence-corrected chi connectivity index (χ1v) is 4.27. The maximum atomic E-state index is 10.5. The van der Waals surface area contributed by atoms with Crippen LogP contribution >= 0.6 is 11.6 Å². The molecular formula is C8H4ClN3O3. The number of halogens is 1. The Kier molecular flexibility index (Phi) is 2.34. The summed E-state index contributed by atoms with van der Waals surface area (Å²) in [4.78, 5) is 13.8. The summed E-state index contributed by atoms with van der Waals surface area (Å²) in [6, 6.07) is 4.03. The predicted octanol–water partition coefficient (Wildman–Crippen LogP) is 2.30. The minimum atomic E-state index is -0.514. The molecule has 1 aromatic heterocycles. The lowest BCUT2D eigenvalue weighted by molar-refractivity contribution is -0.384. The molecule has 2 rings (SSSR count). The lowest BCUT2D eigenvalue weighted by Crippen LogP contribution is -1.89. The van der Waals surface area contributed by atoms with E-state index in [9.17, 15) is 10.1 Å². The Bertz CT molecular complexity index is 498. The molecule has 2 aromatic rings. The van der Waals surface area contributed by atoms with Crippen LogP contribution in [0, 0.1) is 10.1 Å². The zero-order valence-corrected chi connectivity index (χ0v) is 8.01. The molecule has 6 nitrogen and oxygen atoms in total. The Morgan fingerprint density at radius 1 is 1.47 bits per heavy atom. The Labute approximate surface area is 88.6 Å². The van der Waals surface area contributed by atoms with Gasteiger partial charge in [0.15, 0.2) is 0 Å². The van der Waals surface area contributed by atoms with E-state index in [0.717, 1.165) is 6.39 Å². The van der Waals surface area contributed by atoms with Gasteiger partial charge in [0.1, 0.15) is 0 Å². The number of benzene rings is 1. The summed E-state index contributed by atoms with van der Waals surface area (Å²) >= 11 is 5.85. The third-order valence-electron chi connectivity index (χ3n) is 1.76. The highest BCUT2D eigenvalue weighted by Crippen LogP contribution is 2.28. The summed E-state index contributed by atoms with van der Waals surface area (Å²) < 4.78 is 4.53. The van der Waals surface area contributed by atoms with Gasteiger partial charge in [-0.25, -0.2) is 0 Å². The first-order chi connectivity index (χ1) is 7.18. The highest BCUT2D eigenvalue weighted by Gasteiger charge is 2.13. The van der Waals surface area contributed by atoms with E-state index < -0.39 is 4.92 Å². The van der Waals surface area contributed by atoms with Gasteiger partial charge in [0, 0.05) is 17.7 Å². The average Bonchev–Trinajstić information content (AvgIpc) is 2.71. The predicted molar refractivity (Wildman–Crippen MR) is 51.4 cm³/mol. The van der Waals surface area contributed by atoms with Crippen LogP contribution in [-0.2, 0) is 0 Å². The van der Waals surface area contributed by atoms with Crippen LogP contribution in [0.1, 0.15) is 0 Å². The van der Waals surface area contributed by atoms with Gasteiger partial charge in [-0.3, -0.25) is 10.1 Å². The highest BCUT2D eigenvalue weighted by atomic mass is 35.5. The van der Waals surface area contributed by atoms with Crippen molar-refractivity contribution in [2.24, 2.45) is 0 Å². The normalized spacial score (nSPS) is 10.2. The standard InChI is InChI=1S/C8H4ClN3O3/c9-7-2-1-5(12(13)14)3-6(7)8-10-4-15-11-8/h1-4H. The second kappa shape index (κ2) is 3.66. The Morgan fingerprint density at radius 3 is 2.87 bits per heavy atom. The van der Waals surface area contributed by atoms with Crippen LogP contribution in [0.5, 0.6) is 0 Å². The molecule has 1 heterocycles. The molecular weight excluding hydrogens is 222 g/mol. The van der Waals surface area contributed by atoms with E-state index in [4.69, 9.17) is 11.6 Å². The van der Waals surface area contributed by atoms with Crippen molar-refractivity contribution < 1.29 is 9.45 Å². The maximum absolute atomic E-state index is 10.5. The van der Waals surface area contributed by atoms with E-state index in [1.807, 2.05) is 0 Å². The van der Waals surface area contributed by atoms with Gasteiger partial charge in [-0.1, -0.05) is 16.8 Å². The fourth-order valence-electron chi connectivity index (χ4n) is 1.09. The van der Waals surface area contributed by atoms with Crippen LogP contribution in [0.4, 0.5) is 5.69 Å². The fraction of sp³-hybridized carbons (Fsp3) is 0. The summed E-state index contributed by atoms with van der Waals surface area (Å²) in [6.45, 7) is 0. The second-order valence-electron chi connectivity index (χ2n) is 2.68. The van der Waals surface area contributed by atoms with E-state index in [2.05, 4.69) is 14.7 Å². The number of non-ortho nitro benzene ring substituents is 1. The summed E-state index contributed by atoms with van der Waals surface area (Å²) in [6.07, 6.45) is 1.13. The van der Waals surface area contributed by atoms with Crippen LogP contribution in [0.2, 0.25) is 5.02 Å². The van der Waals surface area contributed by atoms with Gasteiger partial charge in [0.25, 0.3) is 5.69 Å². The van der Waals surface area contributed by atoms with Crippen molar-refractivity contribution in [2.45, 2.75) is 0 Å². The Hall–Kier alpha value is -1.95. The van der Waals surface area contributed by atoms with Crippen LogP contribution in [0.25, 0.3) is 11.4 Å². The smallest absolute Gasteiger partial charge is 0.270 e. The molecule has 0 spiro atoms. The molecule has 0 radical (unpaired) electrons. The van der Waals surface area contributed by atoms with Gasteiger partial charge in [0.05, 0.1) is 9.95 Å². The average molecular weight is 226 g/mol. The summed E-state index contributed by atoms with van der Waals surface area (Å²) in [5, 5.41) is 14.4. The zero-order chi connectivity index (χ0) is 10.8. The molecule has 0 fully saturated rings. The zero-order valence-electron chi connectivity index (χ0n) is 7.25. The molecule has 0 aliphatic carbocycles. The summed E-state index contributed by atoms with van der Waals surface area (Å²) in [7, 11) is 0. The van der Waals surface area contributed by atoms with E-state index in [1.54, 1.807) is 0 Å². The summed E-state index contributed by atoms with van der Waals surface area (Å²) in [5.41, 5.74) is 0.304. The monoisotopic (exact) mass is 225 g/mol. The van der Waals surface area contributed by atoms with Gasteiger partial charge >= 0.3 is 0 Å². The van der Waals surface area contributed by atoms with E-state index in [-0.39, 0.29) is 11.5 Å². The lowest BCUT2D eigenvalue weighted by Gasteiger charge is -1.98. The highest BCUT2D eigenvalue weighted by molar-refractivity contribution is 6.33. The molecule has 0 atom stereocenters. The van der Waals surface area contributed by atoms with Crippen molar-refractivity contribution in [3.8, 4) is 11.4 Å². The van der Waals surface area contributed by atoms with Crippen molar-refractivity contribution in [3.63, 3.8) is 0 Å². The number of rotatable bonds is 2. The van der Waals surface area contributed by atoms with Crippen molar-refractivity contribution in [2.75, 3.05) is 0 Å². The maximum Gasteiger partial charge on any atom is 0.270 e. The third kappa shape index (κ3) is 1.79. The van der Waals surface area contributed by atoms with Crippen LogP contribution in [-0.4, -0.2) is 15.1 Å². The topological polar surface area (TPSA) is 82.1 Å². The molecule has 0 aliphatic heterocycles. The number of nitro groups is 1. The Balaban J connectivity index is 2.55. The summed E-state index contributed by atoms with van der Waals surface area (Å²) in [5.74, 6) is 0.226. The molecule has 7 heteroatoms. The minimum absolute atomic E-state index is 0.0702. The molecule has 0 saturated heterocycles. The van der Waals surface area contributed by atoms with Gasteiger partial charge in [-0.15, -0.1) is 0 Å². The van der Waals surface area contributed by atoms with Crippen LogP contribution in [0.15, 0.2) is 29.1 Å². The molecule has 0 bridgehead atoms. The lowest BCUT2D eigenvalue weighted by atomic mass is 10.2. The number of hydrogen-bond donors (Lipinski definition) is 0. The van der Waals surface area contributed by atoms with E-state index in [0.29, 0.717) is 10.6 Å². The molecule has 0 N–H and O–H groups in total. The largest absolute Gasteiger partial charge is 0.342 e. The van der Waals surface area contributed by atoms with Crippen molar-refractivity contribution in [1.29, 1.82) is 0 Å². The third-order valence-corrected chi connectivity index (χ3v) is 2.09. The molecule has 15 heavy (non-hydrogen) atoms. The molecule has 1 aromatic carbocycles. The quantitative estimate of drug-likeness (QED) is 0.578. The van der Waals surface area contributed by atoms with Gasteiger partial charge in [-0.05, 0) is 6.07 Å². The van der Waals surface area contributed by atoms with Crippen LogP contribution in [0.3, 0.4) is 0 Å². The van der Waals surface area contributed by atoms with Crippen molar-refractivity contribution >= 4 is 17.3 Å². The van der Waals surface area contributed by atoms with E-state index >= 15 is 0 Å². The van der Waals surface area contributed by atoms with Crippen LogP contribution < -0.4 is 0 Å². The van der Waals surface area contributed by atoms with Crippen molar-refractivity contribution in [3.05, 3.63) is 39.7 Å². The van der Waals surface area contributed by atoms with E-state index in [1.165, 1.54) is 18.2 Å². The van der Waals surface area contributed by atoms with Gasteiger partial charge in [0.2, 0.25) is 12.2 Å². The molecule has 0 unspecified atom stereocenters. The first-order valence-electron chi connectivity index (χ1n) is 3.89. The number of nitrogens with zero attached hydrogens (tertiary/aromatic N) is 3. The first kappa shape index (κ1) is 9.60. The molecule has 0 aliphatic rings.